The van der Waals surface area contributed by atoms with Crippen LogP contribution in [0, 0.1) is 0 Å². The summed E-state index contributed by atoms with van der Waals surface area (Å²) in [4.78, 5) is 32.4. The number of hydrogen-bond acceptors (Lipinski definition) is 4. The molecule has 0 saturated heterocycles. The molecule has 0 aromatic carbocycles. The maximum Gasteiger partial charge on any atom is 0.408 e. The Balaban J connectivity index is 4.07. The fourth-order valence-corrected chi connectivity index (χ4v) is 0.931. The van der Waals surface area contributed by atoms with E-state index in [1.165, 1.54) is 0 Å². The summed E-state index contributed by atoms with van der Waals surface area (Å²) >= 11 is 0. The average Bonchev–Trinajstić information content (AvgIpc) is 2.08. The van der Waals surface area contributed by atoms with E-state index < -0.39 is 23.6 Å². The minimum atomic E-state index is -0.748. The Labute approximate surface area is 94.5 Å². The molecule has 1 unspecified atom stereocenters. The second kappa shape index (κ2) is 6.09. The van der Waals surface area contributed by atoms with Crippen LogP contribution >= 0.6 is 0 Å². The molecular weight excluding hydrogens is 212 g/mol. The van der Waals surface area contributed by atoms with Crippen LogP contribution in [0.2, 0.25) is 0 Å². The number of carbonyl (C=O) groups excluding carboxylic acids is 3. The van der Waals surface area contributed by atoms with Crippen LogP contribution in [0.5, 0.6) is 0 Å². The zero-order valence-corrected chi connectivity index (χ0v) is 9.78. The number of rotatable bonds is 5. The van der Waals surface area contributed by atoms with Gasteiger partial charge in [-0.05, 0) is 27.2 Å². The van der Waals surface area contributed by atoms with Crippen molar-refractivity contribution in [2.75, 3.05) is 0 Å². The first-order chi connectivity index (χ1) is 7.24. The van der Waals surface area contributed by atoms with Crippen molar-refractivity contribution in [3.63, 3.8) is 0 Å². The number of amides is 2. The van der Waals surface area contributed by atoms with E-state index in [0.717, 1.165) is 0 Å². The highest BCUT2D eigenvalue weighted by atomic mass is 16.6. The van der Waals surface area contributed by atoms with E-state index in [9.17, 15) is 14.4 Å². The summed E-state index contributed by atoms with van der Waals surface area (Å²) in [6.45, 7) is 5.14. The van der Waals surface area contributed by atoms with Crippen molar-refractivity contribution in [3.8, 4) is 0 Å². The highest BCUT2D eigenvalue weighted by Crippen LogP contribution is 2.07. The smallest absolute Gasteiger partial charge is 0.408 e. The molecule has 3 N–H and O–H groups in total. The predicted octanol–water partition coefficient (Wildman–Crippen LogP) is 0.344. The Hall–Kier alpha value is -1.59. The number of aldehydes is 1. The van der Waals surface area contributed by atoms with Crippen molar-refractivity contribution in [3.05, 3.63) is 0 Å². The molecule has 0 aromatic heterocycles. The van der Waals surface area contributed by atoms with Crippen LogP contribution in [-0.4, -0.2) is 29.9 Å². The van der Waals surface area contributed by atoms with Crippen LogP contribution in [0.1, 0.15) is 33.6 Å². The van der Waals surface area contributed by atoms with E-state index >= 15 is 0 Å². The van der Waals surface area contributed by atoms with Gasteiger partial charge in [0.25, 0.3) is 0 Å². The van der Waals surface area contributed by atoms with Gasteiger partial charge in [-0.3, -0.25) is 4.79 Å². The van der Waals surface area contributed by atoms with Gasteiger partial charge in [0.05, 0.1) is 6.04 Å². The van der Waals surface area contributed by atoms with E-state index in [2.05, 4.69) is 5.32 Å². The molecule has 6 nitrogen and oxygen atoms in total. The average molecular weight is 230 g/mol. The third kappa shape index (κ3) is 7.78. The van der Waals surface area contributed by atoms with Crippen molar-refractivity contribution in [2.24, 2.45) is 5.73 Å². The molecule has 0 rings (SSSR count). The van der Waals surface area contributed by atoms with Gasteiger partial charge in [0.1, 0.15) is 11.9 Å². The molecule has 0 aromatic rings. The first-order valence-electron chi connectivity index (χ1n) is 4.97. The third-order valence-electron chi connectivity index (χ3n) is 1.57. The maximum atomic E-state index is 11.3. The maximum absolute atomic E-state index is 11.3. The van der Waals surface area contributed by atoms with E-state index in [4.69, 9.17) is 10.5 Å². The summed E-state index contributed by atoms with van der Waals surface area (Å²) in [5.41, 5.74) is 4.31. The summed E-state index contributed by atoms with van der Waals surface area (Å²) < 4.78 is 4.95. The third-order valence-corrected chi connectivity index (χ3v) is 1.57. The number of nitrogens with two attached hydrogens (primary N) is 1. The van der Waals surface area contributed by atoms with Crippen LogP contribution < -0.4 is 11.1 Å². The fraction of sp³-hybridized carbons (Fsp3) is 0.700. The van der Waals surface area contributed by atoms with Gasteiger partial charge >= 0.3 is 6.09 Å². The Kier molecular flexibility index (Phi) is 5.49. The molecular formula is C10H18N2O4. The number of ether oxygens (including phenoxy) is 1. The van der Waals surface area contributed by atoms with Crippen LogP contribution in [-0.2, 0) is 14.3 Å². The van der Waals surface area contributed by atoms with Gasteiger partial charge in [-0.1, -0.05) is 0 Å². The lowest BCUT2D eigenvalue weighted by atomic mass is 10.2. The molecule has 92 valence electrons. The Bertz CT molecular complexity index is 270. The van der Waals surface area contributed by atoms with Crippen LogP contribution in [0.3, 0.4) is 0 Å². The number of carbonyl (C=O) groups is 3. The van der Waals surface area contributed by atoms with Crippen LogP contribution in [0.25, 0.3) is 0 Å². The standard InChI is InChI=1S/C10H18N2O4/c1-10(2,3)16-9(15)12-7(6-13)4-5-8(11)14/h6-7H,4-5H2,1-3H3,(H2,11,14)(H,12,15). The second-order valence-corrected chi connectivity index (χ2v) is 4.39. The summed E-state index contributed by atoms with van der Waals surface area (Å²) in [7, 11) is 0. The molecule has 0 aliphatic heterocycles. The molecule has 0 aliphatic carbocycles. The molecule has 0 aliphatic rings. The quantitative estimate of drug-likeness (QED) is 0.665. The van der Waals surface area contributed by atoms with Gasteiger partial charge in [-0.2, -0.15) is 0 Å². The molecule has 16 heavy (non-hydrogen) atoms. The first-order valence-corrected chi connectivity index (χ1v) is 4.97. The minimum Gasteiger partial charge on any atom is -0.444 e. The Morgan fingerprint density at radius 1 is 1.44 bits per heavy atom. The van der Waals surface area contributed by atoms with Crippen molar-refractivity contribution in [1.82, 2.24) is 5.32 Å². The lowest BCUT2D eigenvalue weighted by molar-refractivity contribution is -0.118. The van der Waals surface area contributed by atoms with Gasteiger partial charge in [0.2, 0.25) is 5.91 Å². The molecule has 0 heterocycles. The zero-order chi connectivity index (χ0) is 12.8. The molecule has 6 heteroatoms. The van der Waals surface area contributed by atoms with Crippen LogP contribution in [0.15, 0.2) is 0 Å². The normalized spacial score (nSPS) is 12.7. The summed E-state index contributed by atoms with van der Waals surface area (Å²) in [5.74, 6) is -0.516. The fourth-order valence-electron chi connectivity index (χ4n) is 0.931. The SMILES string of the molecule is CC(C)(C)OC(=O)NC(C=O)CCC(N)=O. The van der Waals surface area contributed by atoms with Gasteiger partial charge in [0, 0.05) is 6.42 Å². The van der Waals surface area contributed by atoms with Crippen molar-refractivity contribution in [2.45, 2.75) is 45.3 Å². The number of nitrogens with one attached hydrogen (secondary N) is 1. The Morgan fingerprint density at radius 2 is 2.00 bits per heavy atom. The molecule has 0 saturated carbocycles. The minimum absolute atomic E-state index is 0.0409. The van der Waals surface area contributed by atoms with E-state index in [0.29, 0.717) is 6.29 Å². The zero-order valence-electron chi connectivity index (χ0n) is 9.78. The molecule has 0 radical (unpaired) electrons. The topological polar surface area (TPSA) is 98.5 Å². The lowest BCUT2D eigenvalue weighted by Gasteiger charge is -2.21. The molecule has 0 spiro atoms. The number of primary amides is 1. The highest BCUT2D eigenvalue weighted by molar-refractivity contribution is 5.76. The molecule has 2 amide bonds. The first kappa shape index (κ1) is 14.4. The van der Waals surface area contributed by atoms with Crippen molar-refractivity contribution in [1.29, 1.82) is 0 Å². The number of hydrogen-bond donors (Lipinski definition) is 2. The van der Waals surface area contributed by atoms with Gasteiger partial charge < -0.3 is 20.6 Å². The van der Waals surface area contributed by atoms with Gasteiger partial charge in [0.15, 0.2) is 0 Å². The second-order valence-electron chi connectivity index (χ2n) is 4.39. The van der Waals surface area contributed by atoms with Gasteiger partial charge in [-0.25, -0.2) is 4.79 Å². The molecule has 1 atom stereocenters. The van der Waals surface area contributed by atoms with Crippen LogP contribution in [0.4, 0.5) is 4.79 Å². The van der Waals surface area contributed by atoms with E-state index in [1.807, 2.05) is 0 Å². The number of alkyl carbamates (subject to hydrolysis) is 1. The van der Waals surface area contributed by atoms with Crippen molar-refractivity contribution < 1.29 is 19.1 Å². The van der Waals surface area contributed by atoms with Crippen molar-refractivity contribution >= 4 is 18.3 Å². The summed E-state index contributed by atoms with van der Waals surface area (Å²) in [5, 5.41) is 2.34. The monoisotopic (exact) mass is 230 g/mol. The Morgan fingerprint density at radius 3 is 2.38 bits per heavy atom. The largest absolute Gasteiger partial charge is 0.444 e. The summed E-state index contributed by atoms with van der Waals surface area (Å²) in [6, 6.07) is -0.748. The molecule has 0 bridgehead atoms. The highest BCUT2D eigenvalue weighted by Gasteiger charge is 2.19. The van der Waals surface area contributed by atoms with Gasteiger partial charge in [-0.15, -0.1) is 0 Å². The molecule has 0 fully saturated rings. The lowest BCUT2D eigenvalue weighted by Crippen LogP contribution is -2.40. The van der Waals surface area contributed by atoms with E-state index in [1.54, 1.807) is 20.8 Å². The predicted molar refractivity (Wildman–Crippen MR) is 57.7 cm³/mol. The summed E-state index contributed by atoms with van der Waals surface area (Å²) in [6.07, 6.45) is 0.0820. The van der Waals surface area contributed by atoms with E-state index in [-0.39, 0.29) is 12.8 Å².